The van der Waals surface area contributed by atoms with Crippen molar-refractivity contribution < 1.29 is 23.1 Å². The Morgan fingerprint density at radius 1 is 1.29 bits per heavy atom. The maximum absolute atomic E-state index is 12.7. The van der Waals surface area contributed by atoms with E-state index in [9.17, 15) is 13.2 Å². The molecular formula is C16H24N2O5S. The normalized spacial score (nSPS) is 17.1. The molecule has 1 aromatic carbocycles. The van der Waals surface area contributed by atoms with E-state index in [1.807, 2.05) is 6.92 Å². The van der Waals surface area contributed by atoms with Gasteiger partial charge in [0.15, 0.2) is 0 Å². The molecule has 0 atom stereocenters. The third-order valence-corrected chi connectivity index (χ3v) is 6.12. The van der Waals surface area contributed by atoms with E-state index in [0.29, 0.717) is 38.3 Å². The summed E-state index contributed by atoms with van der Waals surface area (Å²) in [6.45, 7) is 3.16. The summed E-state index contributed by atoms with van der Waals surface area (Å²) in [5, 5.41) is 8.85. The average Bonchev–Trinajstić information content (AvgIpc) is 2.55. The van der Waals surface area contributed by atoms with Crippen molar-refractivity contribution in [3.05, 3.63) is 24.3 Å². The minimum absolute atomic E-state index is 0.0314. The van der Waals surface area contributed by atoms with E-state index in [-0.39, 0.29) is 17.5 Å². The van der Waals surface area contributed by atoms with Crippen molar-refractivity contribution in [1.82, 2.24) is 9.21 Å². The van der Waals surface area contributed by atoms with Crippen LogP contribution in [0.25, 0.3) is 0 Å². The molecule has 0 aromatic heterocycles. The summed E-state index contributed by atoms with van der Waals surface area (Å²) in [7, 11) is -1.76. The Kier molecular flexibility index (Phi) is 6.20. The van der Waals surface area contributed by atoms with E-state index in [2.05, 4.69) is 0 Å². The molecule has 0 aliphatic carbocycles. The highest BCUT2D eigenvalue weighted by molar-refractivity contribution is 7.89. The van der Waals surface area contributed by atoms with E-state index < -0.39 is 16.0 Å². The SMILES string of the molecule is CCOc1ccc(S(=O)(=O)N2CCC(N(C)CC(=O)O)CC2)cc1. The summed E-state index contributed by atoms with van der Waals surface area (Å²) in [4.78, 5) is 12.8. The van der Waals surface area contributed by atoms with Crippen LogP contribution in [0.15, 0.2) is 29.2 Å². The number of rotatable bonds is 7. The molecule has 7 nitrogen and oxygen atoms in total. The van der Waals surface area contributed by atoms with Crippen LogP contribution in [0.4, 0.5) is 0 Å². The van der Waals surface area contributed by atoms with Crippen molar-refractivity contribution in [3.63, 3.8) is 0 Å². The van der Waals surface area contributed by atoms with E-state index in [1.165, 1.54) is 4.31 Å². The molecule has 0 radical (unpaired) electrons. The fourth-order valence-corrected chi connectivity index (χ4v) is 4.36. The van der Waals surface area contributed by atoms with Crippen LogP contribution in [-0.2, 0) is 14.8 Å². The van der Waals surface area contributed by atoms with Gasteiger partial charge in [-0.25, -0.2) is 8.42 Å². The summed E-state index contributed by atoms with van der Waals surface area (Å²) < 4.78 is 32.2. The number of nitrogens with zero attached hydrogens (tertiary/aromatic N) is 2. The number of carboxylic acids is 1. The first-order valence-electron chi connectivity index (χ1n) is 7.99. The molecule has 1 heterocycles. The van der Waals surface area contributed by atoms with Crippen molar-refractivity contribution in [1.29, 1.82) is 0 Å². The highest BCUT2D eigenvalue weighted by Gasteiger charge is 2.31. The number of hydrogen-bond acceptors (Lipinski definition) is 5. The molecule has 1 aliphatic heterocycles. The molecule has 1 aliphatic rings. The molecule has 0 unspecified atom stereocenters. The van der Waals surface area contributed by atoms with Gasteiger partial charge in [0.2, 0.25) is 10.0 Å². The van der Waals surface area contributed by atoms with Crippen LogP contribution in [0.5, 0.6) is 5.75 Å². The van der Waals surface area contributed by atoms with Gasteiger partial charge >= 0.3 is 5.97 Å². The lowest BCUT2D eigenvalue weighted by Gasteiger charge is -2.35. The van der Waals surface area contributed by atoms with Crippen molar-refractivity contribution in [2.24, 2.45) is 0 Å². The zero-order valence-corrected chi connectivity index (χ0v) is 14.8. The molecule has 0 spiro atoms. The largest absolute Gasteiger partial charge is 0.494 e. The first-order valence-corrected chi connectivity index (χ1v) is 9.43. The van der Waals surface area contributed by atoms with Crippen LogP contribution in [0.2, 0.25) is 0 Å². The molecule has 24 heavy (non-hydrogen) atoms. The van der Waals surface area contributed by atoms with Gasteiger partial charge in [0.25, 0.3) is 0 Å². The van der Waals surface area contributed by atoms with Crippen LogP contribution >= 0.6 is 0 Å². The minimum Gasteiger partial charge on any atom is -0.494 e. The van der Waals surface area contributed by atoms with Crippen LogP contribution in [0, 0.1) is 0 Å². The Morgan fingerprint density at radius 3 is 2.38 bits per heavy atom. The molecule has 1 saturated heterocycles. The second-order valence-corrected chi connectivity index (χ2v) is 7.79. The standard InChI is InChI=1S/C16H24N2O5S/c1-3-23-14-4-6-15(7-5-14)24(21,22)18-10-8-13(9-11-18)17(2)12-16(19)20/h4-7,13H,3,8-12H2,1-2H3,(H,19,20). The molecule has 2 rings (SSSR count). The Bertz CT molecular complexity index is 652. The van der Waals surface area contributed by atoms with Gasteiger partial charge in [0.05, 0.1) is 18.0 Å². The molecule has 0 bridgehead atoms. The third kappa shape index (κ3) is 4.46. The molecule has 1 N–H and O–H groups in total. The van der Waals surface area contributed by atoms with E-state index in [1.54, 1.807) is 36.2 Å². The molecule has 0 saturated carbocycles. The molecule has 1 fully saturated rings. The van der Waals surface area contributed by atoms with Crippen molar-refractivity contribution in [2.45, 2.75) is 30.7 Å². The smallest absolute Gasteiger partial charge is 0.317 e. The number of likely N-dealkylation sites (N-methyl/N-ethyl adjacent to an activating group) is 1. The zero-order chi connectivity index (χ0) is 17.7. The summed E-state index contributed by atoms with van der Waals surface area (Å²) in [6, 6.07) is 6.52. The van der Waals surface area contributed by atoms with Gasteiger partial charge in [-0.05, 0) is 51.1 Å². The lowest BCUT2D eigenvalue weighted by molar-refractivity contribution is -0.138. The number of ether oxygens (including phenoxy) is 1. The molecule has 1 aromatic rings. The number of benzene rings is 1. The number of hydrogen-bond donors (Lipinski definition) is 1. The number of sulfonamides is 1. The molecule has 8 heteroatoms. The van der Waals surface area contributed by atoms with Crippen LogP contribution in [0.3, 0.4) is 0 Å². The van der Waals surface area contributed by atoms with Crippen LogP contribution in [0.1, 0.15) is 19.8 Å². The Hall–Kier alpha value is -1.64. The van der Waals surface area contributed by atoms with Crippen LogP contribution in [-0.4, -0.2) is 68.0 Å². The predicted molar refractivity (Wildman–Crippen MR) is 89.7 cm³/mol. The highest BCUT2D eigenvalue weighted by Crippen LogP contribution is 2.24. The topological polar surface area (TPSA) is 87.2 Å². The molecule has 134 valence electrons. The predicted octanol–water partition coefficient (Wildman–Crippen LogP) is 1.25. The lowest BCUT2D eigenvalue weighted by atomic mass is 10.1. The average molecular weight is 356 g/mol. The Labute approximate surface area is 142 Å². The summed E-state index contributed by atoms with van der Waals surface area (Å²) in [5.41, 5.74) is 0. The van der Waals surface area contributed by atoms with Gasteiger partial charge in [-0.15, -0.1) is 0 Å². The fraction of sp³-hybridized carbons (Fsp3) is 0.562. The second-order valence-electron chi connectivity index (χ2n) is 5.85. The monoisotopic (exact) mass is 356 g/mol. The van der Waals surface area contributed by atoms with Gasteiger partial charge in [-0.2, -0.15) is 4.31 Å². The fourth-order valence-electron chi connectivity index (χ4n) is 2.89. The number of aliphatic carboxylic acids is 1. The van der Waals surface area contributed by atoms with Gasteiger partial charge in [0.1, 0.15) is 5.75 Å². The number of carbonyl (C=O) groups is 1. The summed E-state index contributed by atoms with van der Waals surface area (Å²) >= 11 is 0. The molecule has 0 amide bonds. The minimum atomic E-state index is -3.52. The van der Waals surface area contributed by atoms with Gasteiger partial charge in [-0.1, -0.05) is 0 Å². The van der Waals surface area contributed by atoms with Gasteiger partial charge < -0.3 is 9.84 Å². The second kappa shape index (κ2) is 7.96. The lowest BCUT2D eigenvalue weighted by Crippen LogP contribution is -2.46. The zero-order valence-electron chi connectivity index (χ0n) is 14.0. The quantitative estimate of drug-likeness (QED) is 0.791. The highest BCUT2D eigenvalue weighted by atomic mass is 32.2. The summed E-state index contributed by atoms with van der Waals surface area (Å²) in [5.74, 6) is -0.229. The van der Waals surface area contributed by atoms with Crippen molar-refractivity contribution in [3.8, 4) is 5.75 Å². The first kappa shape index (κ1) is 18.7. The summed E-state index contributed by atoms with van der Waals surface area (Å²) in [6.07, 6.45) is 1.25. The third-order valence-electron chi connectivity index (χ3n) is 4.20. The Morgan fingerprint density at radius 2 is 1.88 bits per heavy atom. The van der Waals surface area contributed by atoms with E-state index in [0.717, 1.165) is 0 Å². The molecular weight excluding hydrogens is 332 g/mol. The van der Waals surface area contributed by atoms with E-state index >= 15 is 0 Å². The number of carboxylic acid groups (broad SMARTS) is 1. The maximum Gasteiger partial charge on any atom is 0.317 e. The maximum atomic E-state index is 12.7. The van der Waals surface area contributed by atoms with E-state index in [4.69, 9.17) is 9.84 Å². The first-order chi connectivity index (χ1) is 11.3. The van der Waals surface area contributed by atoms with Crippen molar-refractivity contribution >= 4 is 16.0 Å². The van der Waals surface area contributed by atoms with Gasteiger partial charge in [-0.3, -0.25) is 9.69 Å². The van der Waals surface area contributed by atoms with Crippen LogP contribution < -0.4 is 4.74 Å². The number of piperidine rings is 1. The van der Waals surface area contributed by atoms with Gasteiger partial charge in [0, 0.05) is 19.1 Å². The van der Waals surface area contributed by atoms with Crippen molar-refractivity contribution in [2.75, 3.05) is 33.3 Å². The Balaban J connectivity index is 2.00.